The van der Waals surface area contributed by atoms with E-state index >= 15 is 0 Å². The average molecular weight is 299 g/mol. The molecule has 1 rings (SSSR count). The fourth-order valence-electron chi connectivity index (χ4n) is 1.99. The normalized spacial score (nSPS) is 14.7. The molecule has 0 saturated carbocycles. The van der Waals surface area contributed by atoms with Gasteiger partial charge in [-0.25, -0.2) is 13.1 Å². The molecule has 0 aliphatic carbocycles. The molecule has 0 radical (unpaired) electrons. The Morgan fingerprint density at radius 2 is 1.90 bits per heavy atom. The smallest absolute Gasteiger partial charge is 0.304 e. The first-order valence-corrected chi connectivity index (χ1v) is 8.26. The topological polar surface area (TPSA) is 83.5 Å². The zero-order valence-electron chi connectivity index (χ0n) is 11.7. The summed E-state index contributed by atoms with van der Waals surface area (Å²) >= 11 is 0. The first-order valence-electron chi connectivity index (χ1n) is 6.60. The van der Waals surface area contributed by atoms with Crippen molar-refractivity contribution in [3.63, 3.8) is 0 Å². The van der Waals surface area contributed by atoms with Gasteiger partial charge >= 0.3 is 5.97 Å². The Morgan fingerprint density at radius 3 is 2.40 bits per heavy atom. The molecule has 0 bridgehead atoms. The fraction of sp³-hybridized carbons (Fsp3) is 0.500. The molecule has 2 N–H and O–H groups in total. The lowest BCUT2D eigenvalue weighted by atomic mass is 10.0. The van der Waals surface area contributed by atoms with E-state index in [4.69, 9.17) is 5.11 Å². The first kappa shape index (κ1) is 16.7. The molecule has 1 aromatic rings. The number of rotatable bonds is 8. The highest BCUT2D eigenvalue weighted by Crippen LogP contribution is 2.16. The minimum Gasteiger partial charge on any atom is -0.481 e. The molecule has 1 aromatic carbocycles. The summed E-state index contributed by atoms with van der Waals surface area (Å²) in [6.07, 6.45) is 0.251. The molecule has 6 heteroatoms. The van der Waals surface area contributed by atoms with Crippen molar-refractivity contribution in [2.24, 2.45) is 0 Å². The van der Waals surface area contributed by atoms with Crippen LogP contribution in [0.5, 0.6) is 0 Å². The van der Waals surface area contributed by atoms with Crippen molar-refractivity contribution in [3.05, 3.63) is 35.9 Å². The Morgan fingerprint density at radius 1 is 1.30 bits per heavy atom. The lowest BCUT2D eigenvalue weighted by molar-refractivity contribution is -0.137. The van der Waals surface area contributed by atoms with Gasteiger partial charge in [0.2, 0.25) is 10.0 Å². The first-order chi connectivity index (χ1) is 9.34. The van der Waals surface area contributed by atoms with Crippen LogP contribution in [0.4, 0.5) is 0 Å². The van der Waals surface area contributed by atoms with Gasteiger partial charge in [-0.15, -0.1) is 0 Å². The summed E-state index contributed by atoms with van der Waals surface area (Å²) in [5.41, 5.74) is 0.948. The standard InChI is InChI=1S/C14H21NO4S/c1-3-13(9-14(16)17)15-20(18,19)10-11(2)12-7-5-4-6-8-12/h4-8,11,13,15H,3,9-10H2,1-2H3,(H,16,17). The molecule has 2 unspecified atom stereocenters. The van der Waals surface area contributed by atoms with Crippen molar-refractivity contribution in [2.75, 3.05) is 5.75 Å². The quantitative estimate of drug-likeness (QED) is 0.768. The van der Waals surface area contributed by atoms with Crippen molar-refractivity contribution >= 4 is 16.0 Å². The van der Waals surface area contributed by atoms with E-state index < -0.39 is 22.0 Å². The molecule has 0 heterocycles. The molecule has 5 nitrogen and oxygen atoms in total. The van der Waals surface area contributed by atoms with E-state index in [1.807, 2.05) is 37.3 Å². The molecule has 0 aromatic heterocycles. The van der Waals surface area contributed by atoms with Gasteiger partial charge in [-0.1, -0.05) is 44.2 Å². The van der Waals surface area contributed by atoms with Gasteiger partial charge in [0.05, 0.1) is 12.2 Å². The number of nitrogens with one attached hydrogen (secondary N) is 1. The maximum atomic E-state index is 12.1. The third-order valence-corrected chi connectivity index (χ3v) is 4.73. The fourth-order valence-corrected chi connectivity index (χ4v) is 3.69. The van der Waals surface area contributed by atoms with Gasteiger partial charge in [-0.05, 0) is 17.9 Å². The molecule has 0 fully saturated rings. The minimum absolute atomic E-state index is 0.0485. The van der Waals surface area contributed by atoms with E-state index in [-0.39, 0.29) is 18.1 Å². The Bertz CT molecular complexity index is 527. The van der Waals surface area contributed by atoms with Crippen LogP contribution in [-0.2, 0) is 14.8 Å². The number of sulfonamides is 1. The number of hydrogen-bond acceptors (Lipinski definition) is 3. The Kier molecular flexibility index (Phi) is 6.16. The predicted molar refractivity (Wildman–Crippen MR) is 78.1 cm³/mol. The van der Waals surface area contributed by atoms with Gasteiger partial charge in [0.15, 0.2) is 0 Å². The van der Waals surface area contributed by atoms with Gasteiger partial charge in [-0.3, -0.25) is 4.79 Å². The van der Waals surface area contributed by atoms with Crippen LogP contribution in [0, 0.1) is 0 Å². The average Bonchev–Trinajstić information content (AvgIpc) is 2.37. The molecular weight excluding hydrogens is 278 g/mol. The van der Waals surface area contributed by atoms with Crippen LogP contribution in [0.2, 0.25) is 0 Å². The molecule has 0 spiro atoms. The second-order valence-electron chi connectivity index (χ2n) is 4.91. The van der Waals surface area contributed by atoms with Gasteiger partial charge in [0.25, 0.3) is 0 Å². The van der Waals surface area contributed by atoms with Crippen molar-refractivity contribution in [1.29, 1.82) is 0 Å². The highest BCUT2D eigenvalue weighted by atomic mass is 32.2. The van der Waals surface area contributed by atoms with Gasteiger partial charge in [0.1, 0.15) is 0 Å². The van der Waals surface area contributed by atoms with Crippen molar-refractivity contribution in [1.82, 2.24) is 4.72 Å². The van der Waals surface area contributed by atoms with Crippen molar-refractivity contribution < 1.29 is 18.3 Å². The number of carboxylic acids is 1. The zero-order chi connectivity index (χ0) is 15.2. The number of carbonyl (C=O) groups is 1. The predicted octanol–water partition coefficient (Wildman–Crippen LogP) is 1.96. The molecule has 2 atom stereocenters. The minimum atomic E-state index is -3.50. The maximum Gasteiger partial charge on any atom is 0.304 e. The molecule has 20 heavy (non-hydrogen) atoms. The van der Waals surface area contributed by atoms with Crippen LogP contribution in [-0.4, -0.2) is 31.3 Å². The SMILES string of the molecule is CCC(CC(=O)O)NS(=O)(=O)CC(C)c1ccccc1. The van der Waals surface area contributed by atoms with Crippen LogP contribution in [0.15, 0.2) is 30.3 Å². The lowest BCUT2D eigenvalue weighted by Gasteiger charge is -2.18. The van der Waals surface area contributed by atoms with E-state index in [9.17, 15) is 13.2 Å². The molecule has 0 amide bonds. The summed E-state index contributed by atoms with van der Waals surface area (Å²) in [7, 11) is -3.50. The molecule has 0 saturated heterocycles. The highest BCUT2D eigenvalue weighted by molar-refractivity contribution is 7.89. The van der Waals surface area contributed by atoms with E-state index in [0.717, 1.165) is 5.56 Å². The van der Waals surface area contributed by atoms with E-state index in [1.165, 1.54) is 0 Å². The summed E-state index contributed by atoms with van der Waals surface area (Å²) in [6, 6.07) is 8.82. The second kappa shape index (κ2) is 7.40. The van der Waals surface area contributed by atoms with Crippen LogP contribution in [0.3, 0.4) is 0 Å². The third kappa shape index (κ3) is 5.71. The van der Waals surface area contributed by atoms with Crippen LogP contribution in [0.25, 0.3) is 0 Å². The summed E-state index contributed by atoms with van der Waals surface area (Å²) in [5.74, 6) is -1.20. The second-order valence-corrected chi connectivity index (χ2v) is 6.71. The third-order valence-electron chi connectivity index (χ3n) is 3.10. The highest BCUT2D eigenvalue weighted by Gasteiger charge is 2.21. The van der Waals surface area contributed by atoms with Crippen molar-refractivity contribution in [3.8, 4) is 0 Å². The number of carboxylic acid groups (broad SMARTS) is 1. The van der Waals surface area contributed by atoms with Gasteiger partial charge in [0, 0.05) is 6.04 Å². The van der Waals surface area contributed by atoms with E-state index in [2.05, 4.69) is 4.72 Å². The van der Waals surface area contributed by atoms with E-state index in [0.29, 0.717) is 6.42 Å². The molecule has 112 valence electrons. The summed E-state index contributed by atoms with van der Waals surface area (Å²) in [6.45, 7) is 3.60. The van der Waals surface area contributed by atoms with Gasteiger partial charge < -0.3 is 5.11 Å². The maximum absolute atomic E-state index is 12.1. The van der Waals surface area contributed by atoms with Crippen LogP contribution >= 0.6 is 0 Å². The summed E-state index contributed by atoms with van der Waals surface area (Å²) < 4.78 is 26.6. The monoisotopic (exact) mass is 299 g/mol. The number of benzene rings is 1. The number of aliphatic carboxylic acids is 1. The molecule has 0 aliphatic heterocycles. The zero-order valence-corrected chi connectivity index (χ0v) is 12.6. The van der Waals surface area contributed by atoms with Crippen molar-refractivity contribution in [2.45, 2.75) is 38.6 Å². The summed E-state index contributed by atoms with van der Waals surface area (Å²) in [4.78, 5) is 10.7. The lowest BCUT2D eigenvalue weighted by Crippen LogP contribution is -2.38. The Balaban J connectivity index is 2.67. The largest absolute Gasteiger partial charge is 0.481 e. The molecule has 0 aliphatic rings. The summed E-state index contributed by atoms with van der Waals surface area (Å²) in [5, 5.41) is 8.74. The van der Waals surface area contributed by atoms with E-state index in [1.54, 1.807) is 6.92 Å². The number of hydrogen-bond donors (Lipinski definition) is 2. The Hall–Kier alpha value is -1.40. The Labute approximate surface area is 120 Å². The van der Waals surface area contributed by atoms with Gasteiger partial charge in [-0.2, -0.15) is 0 Å². The van der Waals surface area contributed by atoms with Crippen LogP contribution < -0.4 is 4.72 Å². The van der Waals surface area contributed by atoms with Crippen LogP contribution in [0.1, 0.15) is 38.2 Å². The molecular formula is C14H21NO4S.